The van der Waals surface area contributed by atoms with E-state index in [-0.39, 0.29) is 12.1 Å². The van der Waals surface area contributed by atoms with Gasteiger partial charge in [0, 0.05) is 5.56 Å². The Morgan fingerprint density at radius 1 is 1.04 bits per heavy atom. The van der Waals surface area contributed by atoms with Gasteiger partial charge >= 0.3 is 5.97 Å². The summed E-state index contributed by atoms with van der Waals surface area (Å²) in [7, 11) is 0. The van der Waals surface area contributed by atoms with E-state index in [1.807, 2.05) is 12.3 Å². The van der Waals surface area contributed by atoms with Crippen LogP contribution in [0, 0.1) is 0 Å². The number of carboxylic acid groups (broad SMARTS) is 1. The maximum absolute atomic E-state index is 12.7. The predicted molar refractivity (Wildman–Crippen MR) is 111 cm³/mol. The highest BCUT2D eigenvalue weighted by molar-refractivity contribution is 7.98. The molecule has 146 valence electrons. The molecule has 0 aliphatic heterocycles. The molecule has 2 amide bonds. The van der Waals surface area contributed by atoms with Gasteiger partial charge in [-0.2, -0.15) is 11.8 Å². The number of carbonyl (C=O) groups is 3. The Labute approximate surface area is 168 Å². The molecule has 0 unspecified atom stereocenters. The predicted octanol–water partition coefficient (Wildman–Crippen LogP) is 2.78. The maximum Gasteiger partial charge on any atom is 0.326 e. The van der Waals surface area contributed by atoms with E-state index in [0.717, 1.165) is 0 Å². The normalized spacial score (nSPS) is 12.1. The van der Waals surface area contributed by atoms with Crippen LogP contribution in [0.2, 0.25) is 0 Å². The van der Waals surface area contributed by atoms with Crippen molar-refractivity contribution in [2.45, 2.75) is 12.5 Å². The number of carboxylic acids is 1. The Morgan fingerprint density at radius 3 is 2.21 bits per heavy atom. The van der Waals surface area contributed by atoms with Gasteiger partial charge in [0.25, 0.3) is 11.8 Å². The first-order valence-electron chi connectivity index (χ1n) is 8.67. The lowest BCUT2D eigenvalue weighted by Gasteiger charge is -2.16. The lowest BCUT2D eigenvalue weighted by molar-refractivity contribution is -0.141. The van der Waals surface area contributed by atoms with Gasteiger partial charge in [0.15, 0.2) is 0 Å². The Morgan fingerprint density at radius 2 is 1.64 bits per heavy atom. The molecule has 0 aromatic heterocycles. The van der Waals surface area contributed by atoms with Gasteiger partial charge < -0.3 is 15.7 Å². The summed E-state index contributed by atoms with van der Waals surface area (Å²) in [5.41, 5.74) is 1.08. The van der Waals surface area contributed by atoms with Gasteiger partial charge in [-0.25, -0.2) is 4.79 Å². The average molecular weight is 398 g/mol. The van der Waals surface area contributed by atoms with Crippen LogP contribution in [0.3, 0.4) is 0 Å². The zero-order valence-corrected chi connectivity index (χ0v) is 16.2. The minimum Gasteiger partial charge on any atom is -0.480 e. The maximum atomic E-state index is 12.7. The fourth-order valence-electron chi connectivity index (χ4n) is 2.39. The van der Waals surface area contributed by atoms with E-state index in [4.69, 9.17) is 0 Å². The summed E-state index contributed by atoms with van der Waals surface area (Å²) in [5, 5.41) is 14.4. The molecule has 2 aromatic rings. The molecule has 0 fully saturated rings. The highest BCUT2D eigenvalue weighted by Crippen LogP contribution is 2.08. The minimum absolute atomic E-state index is 0.0181. The number of aliphatic carboxylic acids is 1. The average Bonchev–Trinajstić information content (AvgIpc) is 2.71. The summed E-state index contributed by atoms with van der Waals surface area (Å²) in [6.45, 7) is 0. The van der Waals surface area contributed by atoms with Crippen LogP contribution < -0.4 is 10.6 Å². The summed E-state index contributed by atoms with van der Waals surface area (Å²) in [4.78, 5) is 36.7. The van der Waals surface area contributed by atoms with Crippen LogP contribution in [-0.4, -0.2) is 40.9 Å². The van der Waals surface area contributed by atoms with Gasteiger partial charge in [0.1, 0.15) is 11.7 Å². The first-order chi connectivity index (χ1) is 13.5. The molecule has 3 N–H and O–H groups in total. The van der Waals surface area contributed by atoms with Crippen LogP contribution in [-0.2, 0) is 9.59 Å². The van der Waals surface area contributed by atoms with Crippen molar-refractivity contribution in [1.82, 2.24) is 10.6 Å². The Bertz CT molecular complexity index is 838. The van der Waals surface area contributed by atoms with Gasteiger partial charge in [0.2, 0.25) is 0 Å². The Balaban J connectivity index is 2.24. The molecule has 2 aromatic carbocycles. The Hall–Kier alpha value is -3.06. The summed E-state index contributed by atoms with van der Waals surface area (Å²) < 4.78 is 0. The summed E-state index contributed by atoms with van der Waals surface area (Å²) >= 11 is 1.49. The van der Waals surface area contributed by atoms with Crippen LogP contribution in [0.15, 0.2) is 66.4 Å². The molecule has 0 heterocycles. The third-order valence-electron chi connectivity index (χ3n) is 3.85. The fourth-order valence-corrected chi connectivity index (χ4v) is 2.86. The molecule has 0 saturated carbocycles. The second kappa shape index (κ2) is 10.9. The summed E-state index contributed by atoms with van der Waals surface area (Å²) in [6.07, 6.45) is 3.67. The number of rotatable bonds is 9. The monoisotopic (exact) mass is 398 g/mol. The van der Waals surface area contributed by atoms with Crippen molar-refractivity contribution in [3.8, 4) is 0 Å². The van der Waals surface area contributed by atoms with Crippen LogP contribution in [0.1, 0.15) is 22.3 Å². The van der Waals surface area contributed by atoms with Crippen molar-refractivity contribution < 1.29 is 19.5 Å². The van der Waals surface area contributed by atoms with Crippen LogP contribution >= 0.6 is 11.8 Å². The SMILES string of the molecule is CSCC[C@@H](NC(=O)/C(=C/c1ccccc1)NC(=O)c1ccccc1)C(=O)O. The van der Waals surface area contributed by atoms with Crippen molar-refractivity contribution in [2.75, 3.05) is 12.0 Å². The van der Waals surface area contributed by atoms with Gasteiger partial charge in [-0.1, -0.05) is 48.5 Å². The van der Waals surface area contributed by atoms with E-state index in [1.54, 1.807) is 54.6 Å². The number of hydrogen-bond acceptors (Lipinski definition) is 4. The molecule has 6 nitrogen and oxygen atoms in total. The van der Waals surface area contributed by atoms with E-state index in [9.17, 15) is 19.5 Å². The molecule has 0 radical (unpaired) electrons. The molecule has 0 aliphatic rings. The van der Waals surface area contributed by atoms with Crippen molar-refractivity contribution in [1.29, 1.82) is 0 Å². The zero-order valence-electron chi connectivity index (χ0n) is 15.4. The van der Waals surface area contributed by atoms with E-state index in [0.29, 0.717) is 16.9 Å². The first-order valence-corrected chi connectivity index (χ1v) is 10.1. The topological polar surface area (TPSA) is 95.5 Å². The molecular formula is C21H22N2O4S. The Kier molecular flexibility index (Phi) is 8.30. The molecule has 2 rings (SSSR count). The molecule has 0 aliphatic carbocycles. The third-order valence-corrected chi connectivity index (χ3v) is 4.50. The van der Waals surface area contributed by atoms with E-state index < -0.39 is 23.8 Å². The third kappa shape index (κ3) is 6.59. The van der Waals surface area contributed by atoms with Crippen molar-refractivity contribution in [3.63, 3.8) is 0 Å². The number of benzene rings is 2. The van der Waals surface area contributed by atoms with Crippen LogP contribution in [0.5, 0.6) is 0 Å². The molecule has 0 spiro atoms. The van der Waals surface area contributed by atoms with Crippen LogP contribution in [0.25, 0.3) is 6.08 Å². The second-order valence-electron chi connectivity index (χ2n) is 5.93. The van der Waals surface area contributed by atoms with E-state index in [2.05, 4.69) is 10.6 Å². The zero-order chi connectivity index (χ0) is 20.4. The largest absolute Gasteiger partial charge is 0.480 e. The molecule has 0 bridgehead atoms. The standard InChI is InChI=1S/C21H22N2O4S/c1-28-13-12-17(21(26)27)22-20(25)18(14-15-8-4-2-5-9-15)23-19(24)16-10-6-3-7-11-16/h2-11,14,17H,12-13H2,1H3,(H,22,25)(H,23,24)(H,26,27)/b18-14-/t17-/m1/s1. The first kappa shape index (κ1) is 21.2. The molecule has 7 heteroatoms. The van der Waals surface area contributed by atoms with Gasteiger partial charge in [-0.3, -0.25) is 9.59 Å². The number of nitrogens with one attached hydrogen (secondary N) is 2. The van der Waals surface area contributed by atoms with Crippen molar-refractivity contribution in [2.24, 2.45) is 0 Å². The van der Waals surface area contributed by atoms with Gasteiger partial charge in [0.05, 0.1) is 0 Å². The molecular weight excluding hydrogens is 376 g/mol. The lowest BCUT2D eigenvalue weighted by Crippen LogP contribution is -2.44. The fraction of sp³-hybridized carbons (Fsp3) is 0.190. The molecule has 1 atom stereocenters. The van der Waals surface area contributed by atoms with E-state index >= 15 is 0 Å². The smallest absolute Gasteiger partial charge is 0.326 e. The number of thioether (sulfide) groups is 1. The van der Waals surface area contributed by atoms with Crippen molar-refractivity contribution in [3.05, 3.63) is 77.5 Å². The van der Waals surface area contributed by atoms with Crippen LogP contribution in [0.4, 0.5) is 0 Å². The lowest BCUT2D eigenvalue weighted by atomic mass is 10.1. The highest BCUT2D eigenvalue weighted by Gasteiger charge is 2.22. The van der Waals surface area contributed by atoms with Gasteiger partial charge in [-0.05, 0) is 42.2 Å². The number of hydrogen-bond donors (Lipinski definition) is 3. The minimum atomic E-state index is -1.11. The van der Waals surface area contributed by atoms with Gasteiger partial charge in [-0.15, -0.1) is 0 Å². The second-order valence-corrected chi connectivity index (χ2v) is 6.92. The number of amides is 2. The summed E-state index contributed by atoms with van der Waals surface area (Å²) in [6, 6.07) is 16.5. The molecule has 28 heavy (non-hydrogen) atoms. The van der Waals surface area contributed by atoms with Crippen molar-refractivity contribution >= 4 is 35.6 Å². The summed E-state index contributed by atoms with van der Waals surface area (Å²) in [5.74, 6) is -1.63. The number of carbonyl (C=O) groups excluding carboxylic acids is 2. The molecule has 0 saturated heterocycles. The highest BCUT2D eigenvalue weighted by atomic mass is 32.2. The van der Waals surface area contributed by atoms with E-state index in [1.165, 1.54) is 17.8 Å². The quantitative estimate of drug-likeness (QED) is 0.565.